The maximum absolute atomic E-state index is 5.98. The maximum atomic E-state index is 5.98. The molecule has 2 rings (SSSR count). The molecule has 17 heavy (non-hydrogen) atoms. The second-order valence-corrected chi connectivity index (χ2v) is 5.89. The summed E-state index contributed by atoms with van der Waals surface area (Å²) in [7, 11) is 0. The van der Waals surface area contributed by atoms with E-state index in [0.29, 0.717) is 11.3 Å². The second-order valence-electron chi connectivity index (χ2n) is 5.62. The number of hydrogen-bond acceptors (Lipinski definition) is 2. The summed E-state index contributed by atoms with van der Waals surface area (Å²) in [6, 6.07) is 4.04. The maximum Gasteiger partial charge on any atom is 0.132 e. The Labute approximate surface area is 109 Å². The Morgan fingerprint density at radius 3 is 2.94 bits per heavy atom. The third-order valence-corrected chi connectivity index (χ3v) is 3.94. The van der Waals surface area contributed by atoms with Crippen molar-refractivity contribution in [3.05, 3.63) is 23.9 Å². The van der Waals surface area contributed by atoms with Crippen molar-refractivity contribution in [2.45, 2.75) is 39.0 Å². The number of pyridine rings is 1. The Kier molecular flexibility index (Phi) is 3.93. The molecule has 1 aromatic rings. The predicted molar refractivity (Wildman–Crippen MR) is 73.6 cm³/mol. The molecule has 0 saturated carbocycles. The van der Waals surface area contributed by atoms with Gasteiger partial charge in [-0.1, -0.05) is 19.9 Å². The van der Waals surface area contributed by atoms with Crippen LogP contribution in [0.4, 0.5) is 5.82 Å². The van der Waals surface area contributed by atoms with Gasteiger partial charge >= 0.3 is 0 Å². The minimum absolute atomic E-state index is 0.463. The zero-order valence-electron chi connectivity index (χ0n) is 10.7. The van der Waals surface area contributed by atoms with Crippen LogP contribution >= 0.6 is 11.6 Å². The quantitative estimate of drug-likeness (QED) is 0.744. The Morgan fingerprint density at radius 2 is 2.18 bits per heavy atom. The highest BCUT2D eigenvalue weighted by molar-refractivity contribution is 6.17. The number of halogens is 1. The van der Waals surface area contributed by atoms with Gasteiger partial charge in [-0.3, -0.25) is 0 Å². The fraction of sp³-hybridized carbons (Fsp3) is 0.643. The SMILES string of the molecule is CC1(C)CCCN(c2ncccc2CCl)CC1. The Morgan fingerprint density at radius 1 is 1.35 bits per heavy atom. The molecular weight excluding hydrogens is 232 g/mol. The van der Waals surface area contributed by atoms with Gasteiger partial charge in [0.25, 0.3) is 0 Å². The van der Waals surface area contributed by atoms with E-state index >= 15 is 0 Å². The topological polar surface area (TPSA) is 16.1 Å². The monoisotopic (exact) mass is 252 g/mol. The van der Waals surface area contributed by atoms with Gasteiger partial charge in [-0.2, -0.15) is 0 Å². The molecule has 0 atom stereocenters. The van der Waals surface area contributed by atoms with Crippen LogP contribution in [0.2, 0.25) is 0 Å². The van der Waals surface area contributed by atoms with Crippen molar-refractivity contribution in [3.63, 3.8) is 0 Å². The molecule has 0 aliphatic carbocycles. The summed E-state index contributed by atoms with van der Waals surface area (Å²) in [5.74, 6) is 1.63. The van der Waals surface area contributed by atoms with E-state index < -0.39 is 0 Å². The number of alkyl halides is 1. The van der Waals surface area contributed by atoms with Gasteiger partial charge in [0.05, 0.1) is 5.88 Å². The summed E-state index contributed by atoms with van der Waals surface area (Å²) >= 11 is 5.98. The molecule has 1 saturated heterocycles. The standard InChI is InChI=1S/C14H21ClN2/c1-14(2)6-4-9-17(10-7-14)13-12(11-15)5-3-8-16-13/h3,5,8H,4,6-7,9-11H2,1-2H3. The number of aromatic nitrogens is 1. The van der Waals surface area contributed by atoms with Gasteiger partial charge in [-0.15, -0.1) is 11.6 Å². The molecule has 0 N–H and O–H groups in total. The molecule has 1 fully saturated rings. The van der Waals surface area contributed by atoms with Gasteiger partial charge in [0, 0.05) is 24.8 Å². The average Bonchev–Trinajstić information content (AvgIpc) is 2.50. The fourth-order valence-corrected chi connectivity index (χ4v) is 2.66. The van der Waals surface area contributed by atoms with Crippen LogP contribution in [0.3, 0.4) is 0 Å². The van der Waals surface area contributed by atoms with Crippen molar-refractivity contribution in [2.24, 2.45) is 5.41 Å². The first kappa shape index (κ1) is 12.7. The highest BCUT2D eigenvalue weighted by Gasteiger charge is 2.24. The number of rotatable bonds is 2. The van der Waals surface area contributed by atoms with Gasteiger partial charge < -0.3 is 4.90 Å². The molecule has 0 bridgehead atoms. The molecule has 0 radical (unpaired) electrons. The molecule has 0 amide bonds. The number of anilines is 1. The van der Waals surface area contributed by atoms with E-state index in [1.807, 2.05) is 12.3 Å². The minimum Gasteiger partial charge on any atom is -0.356 e. The van der Waals surface area contributed by atoms with Crippen LogP contribution in [-0.4, -0.2) is 18.1 Å². The zero-order chi connectivity index (χ0) is 12.3. The highest BCUT2D eigenvalue weighted by Crippen LogP contribution is 2.32. The van der Waals surface area contributed by atoms with Crippen LogP contribution < -0.4 is 4.90 Å². The molecule has 0 aromatic carbocycles. The van der Waals surface area contributed by atoms with Crippen molar-refractivity contribution in [3.8, 4) is 0 Å². The molecule has 94 valence electrons. The van der Waals surface area contributed by atoms with Gasteiger partial charge in [-0.25, -0.2) is 4.98 Å². The Bertz CT molecular complexity index is 376. The summed E-state index contributed by atoms with van der Waals surface area (Å²) < 4.78 is 0. The van der Waals surface area contributed by atoms with Crippen LogP contribution in [-0.2, 0) is 5.88 Å². The van der Waals surface area contributed by atoms with E-state index in [9.17, 15) is 0 Å². The van der Waals surface area contributed by atoms with E-state index in [1.54, 1.807) is 0 Å². The Balaban J connectivity index is 2.17. The molecule has 1 aromatic heterocycles. The van der Waals surface area contributed by atoms with Crippen molar-refractivity contribution < 1.29 is 0 Å². The lowest BCUT2D eigenvalue weighted by Gasteiger charge is -2.25. The van der Waals surface area contributed by atoms with Crippen molar-refractivity contribution >= 4 is 17.4 Å². The van der Waals surface area contributed by atoms with Crippen molar-refractivity contribution in [1.82, 2.24) is 4.98 Å². The second kappa shape index (κ2) is 5.26. The third kappa shape index (κ3) is 3.12. The van der Waals surface area contributed by atoms with E-state index in [1.165, 1.54) is 19.3 Å². The molecule has 1 aliphatic heterocycles. The van der Waals surface area contributed by atoms with Crippen LogP contribution in [0.15, 0.2) is 18.3 Å². The first-order valence-electron chi connectivity index (χ1n) is 6.37. The summed E-state index contributed by atoms with van der Waals surface area (Å²) in [5, 5.41) is 0. The third-order valence-electron chi connectivity index (χ3n) is 3.65. The van der Waals surface area contributed by atoms with Crippen LogP contribution in [0, 0.1) is 5.41 Å². The molecule has 0 spiro atoms. The summed E-state index contributed by atoms with van der Waals surface area (Å²) in [6.07, 6.45) is 5.63. The summed E-state index contributed by atoms with van der Waals surface area (Å²) in [4.78, 5) is 6.90. The number of hydrogen-bond donors (Lipinski definition) is 0. The normalized spacial score (nSPS) is 20.1. The first-order chi connectivity index (χ1) is 8.12. The molecule has 3 heteroatoms. The number of nitrogens with zero attached hydrogens (tertiary/aromatic N) is 2. The van der Waals surface area contributed by atoms with Crippen molar-refractivity contribution in [2.75, 3.05) is 18.0 Å². The van der Waals surface area contributed by atoms with Crippen LogP contribution in [0.5, 0.6) is 0 Å². The highest BCUT2D eigenvalue weighted by atomic mass is 35.5. The van der Waals surface area contributed by atoms with Crippen molar-refractivity contribution in [1.29, 1.82) is 0 Å². The van der Waals surface area contributed by atoms with Gasteiger partial charge in [0.2, 0.25) is 0 Å². The largest absolute Gasteiger partial charge is 0.356 e. The molecule has 2 heterocycles. The lowest BCUT2D eigenvalue weighted by atomic mass is 9.85. The lowest BCUT2D eigenvalue weighted by Crippen LogP contribution is -2.26. The van der Waals surface area contributed by atoms with Crippen LogP contribution in [0.1, 0.15) is 38.7 Å². The predicted octanol–water partition coefficient (Wildman–Crippen LogP) is 3.84. The molecule has 0 unspecified atom stereocenters. The summed E-state index contributed by atoms with van der Waals surface area (Å²) in [5.41, 5.74) is 1.61. The zero-order valence-corrected chi connectivity index (χ0v) is 11.5. The van der Waals surface area contributed by atoms with Gasteiger partial charge in [-0.05, 0) is 30.7 Å². The first-order valence-corrected chi connectivity index (χ1v) is 6.91. The van der Waals surface area contributed by atoms with Gasteiger partial charge in [0.1, 0.15) is 5.82 Å². The minimum atomic E-state index is 0.463. The lowest BCUT2D eigenvalue weighted by molar-refractivity contribution is 0.325. The summed E-state index contributed by atoms with van der Waals surface area (Å²) in [6.45, 7) is 6.91. The van der Waals surface area contributed by atoms with Gasteiger partial charge in [0.15, 0.2) is 0 Å². The van der Waals surface area contributed by atoms with Crippen LogP contribution in [0.25, 0.3) is 0 Å². The van der Waals surface area contributed by atoms with E-state index in [0.717, 1.165) is 24.5 Å². The van der Waals surface area contributed by atoms with E-state index in [-0.39, 0.29) is 0 Å². The van der Waals surface area contributed by atoms with E-state index in [4.69, 9.17) is 11.6 Å². The molecular formula is C14H21ClN2. The Hall–Kier alpha value is -0.760. The molecule has 1 aliphatic rings. The molecule has 2 nitrogen and oxygen atoms in total. The average molecular weight is 253 g/mol. The fourth-order valence-electron chi connectivity index (χ4n) is 2.45. The smallest absolute Gasteiger partial charge is 0.132 e. The van der Waals surface area contributed by atoms with E-state index in [2.05, 4.69) is 29.8 Å².